The van der Waals surface area contributed by atoms with E-state index in [2.05, 4.69) is 10.6 Å². The van der Waals surface area contributed by atoms with Gasteiger partial charge in [-0.1, -0.05) is 6.07 Å². The minimum atomic E-state index is -4.42. The zero-order valence-corrected chi connectivity index (χ0v) is 12.5. The maximum Gasteiger partial charge on any atom is 0.393 e. The second-order valence-electron chi connectivity index (χ2n) is 5.33. The molecular formula is C15H18F4N2O2. The number of rotatable bonds is 5. The van der Waals surface area contributed by atoms with Crippen molar-refractivity contribution >= 4 is 5.91 Å². The van der Waals surface area contributed by atoms with Crippen molar-refractivity contribution in [1.82, 2.24) is 10.6 Å². The molecular weight excluding hydrogens is 316 g/mol. The number of ether oxygens (including phenoxy) is 1. The molecule has 1 heterocycles. The summed E-state index contributed by atoms with van der Waals surface area (Å²) in [5.74, 6) is -4.03. The van der Waals surface area contributed by atoms with Gasteiger partial charge in [0.1, 0.15) is 0 Å². The summed E-state index contributed by atoms with van der Waals surface area (Å²) in [6.45, 7) is 1.72. The first-order valence-corrected chi connectivity index (χ1v) is 7.29. The molecule has 0 radical (unpaired) electrons. The lowest BCUT2D eigenvalue weighted by Crippen LogP contribution is -2.39. The van der Waals surface area contributed by atoms with Gasteiger partial charge in [0, 0.05) is 19.6 Å². The van der Waals surface area contributed by atoms with E-state index >= 15 is 0 Å². The van der Waals surface area contributed by atoms with E-state index in [1.807, 2.05) is 0 Å². The fourth-order valence-corrected chi connectivity index (χ4v) is 2.55. The van der Waals surface area contributed by atoms with E-state index in [9.17, 15) is 22.4 Å². The number of nitrogens with one attached hydrogen (secondary N) is 2. The molecule has 2 N–H and O–H groups in total. The van der Waals surface area contributed by atoms with E-state index in [1.165, 1.54) is 12.1 Å². The molecule has 1 amide bonds. The standard InChI is InChI=1S/C15H18F4N2O2/c1-2-23-13-4-3-9(5-12(13)16)6-21-14(22)10-7-20-8-11(10)15(17,18)19/h3-5,10-11,20H,2,6-8H2,1H3,(H,21,22)/t10-,11-/m1/s1. The van der Waals surface area contributed by atoms with Crippen molar-refractivity contribution in [3.63, 3.8) is 0 Å². The van der Waals surface area contributed by atoms with Crippen molar-refractivity contribution < 1.29 is 27.1 Å². The van der Waals surface area contributed by atoms with Gasteiger partial charge in [-0.3, -0.25) is 4.79 Å². The van der Waals surface area contributed by atoms with Crippen LogP contribution in [0.4, 0.5) is 17.6 Å². The smallest absolute Gasteiger partial charge is 0.393 e. The molecule has 1 fully saturated rings. The highest BCUT2D eigenvalue weighted by Crippen LogP contribution is 2.34. The first-order chi connectivity index (χ1) is 10.8. The maximum atomic E-state index is 13.7. The van der Waals surface area contributed by atoms with Crippen LogP contribution in [0.2, 0.25) is 0 Å². The number of carbonyl (C=O) groups excluding carboxylic acids is 1. The summed E-state index contributed by atoms with van der Waals surface area (Å²) in [4.78, 5) is 12.0. The summed E-state index contributed by atoms with van der Waals surface area (Å²) in [6.07, 6.45) is -4.42. The van der Waals surface area contributed by atoms with Gasteiger partial charge in [-0.05, 0) is 24.6 Å². The molecule has 0 aromatic heterocycles. The monoisotopic (exact) mass is 334 g/mol. The van der Waals surface area contributed by atoms with Crippen LogP contribution in [-0.4, -0.2) is 31.8 Å². The van der Waals surface area contributed by atoms with Gasteiger partial charge in [0.25, 0.3) is 0 Å². The molecule has 4 nitrogen and oxygen atoms in total. The Balaban J connectivity index is 1.95. The third-order valence-electron chi connectivity index (χ3n) is 3.73. The highest BCUT2D eigenvalue weighted by atomic mass is 19.4. The number of benzene rings is 1. The number of carbonyl (C=O) groups is 1. The van der Waals surface area contributed by atoms with Crippen LogP contribution in [0, 0.1) is 17.7 Å². The molecule has 0 saturated carbocycles. The van der Waals surface area contributed by atoms with Crippen LogP contribution in [0.25, 0.3) is 0 Å². The van der Waals surface area contributed by atoms with Crippen LogP contribution in [0.3, 0.4) is 0 Å². The molecule has 1 aliphatic rings. The first-order valence-electron chi connectivity index (χ1n) is 7.29. The Morgan fingerprint density at radius 1 is 1.39 bits per heavy atom. The van der Waals surface area contributed by atoms with Crippen molar-refractivity contribution in [3.05, 3.63) is 29.6 Å². The van der Waals surface area contributed by atoms with Crippen LogP contribution in [-0.2, 0) is 11.3 Å². The van der Waals surface area contributed by atoms with Crippen LogP contribution in [0.5, 0.6) is 5.75 Å². The van der Waals surface area contributed by atoms with Crippen molar-refractivity contribution in [1.29, 1.82) is 0 Å². The Labute approximate surface area is 131 Å². The number of hydrogen-bond donors (Lipinski definition) is 2. The lowest BCUT2D eigenvalue weighted by molar-refractivity contribution is -0.182. The fourth-order valence-electron chi connectivity index (χ4n) is 2.55. The number of amides is 1. The van der Waals surface area contributed by atoms with E-state index < -0.39 is 29.7 Å². The topological polar surface area (TPSA) is 50.4 Å². The highest BCUT2D eigenvalue weighted by molar-refractivity contribution is 5.79. The minimum absolute atomic E-state index is 0.0202. The van der Waals surface area contributed by atoms with E-state index in [1.54, 1.807) is 13.0 Å². The summed E-state index contributed by atoms with van der Waals surface area (Å²) in [7, 11) is 0. The molecule has 0 bridgehead atoms. The minimum Gasteiger partial charge on any atom is -0.491 e. The van der Waals surface area contributed by atoms with E-state index in [0.29, 0.717) is 12.2 Å². The lowest BCUT2D eigenvalue weighted by atomic mass is 9.94. The Kier molecular flexibility index (Phi) is 5.46. The number of hydrogen-bond acceptors (Lipinski definition) is 3. The Hall–Kier alpha value is -1.83. The van der Waals surface area contributed by atoms with Gasteiger partial charge in [0.15, 0.2) is 11.6 Å². The molecule has 0 aliphatic carbocycles. The molecule has 2 atom stereocenters. The van der Waals surface area contributed by atoms with E-state index in [-0.39, 0.29) is 25.4 Å². The summed E-state index contributed by atoms with van der Waals surface area (Å²) >= 11 is 0. The first kappa shape index (κ1) is 17.5. The molecule has 0 unspecified atom stereocenters. The third-order valence-corrected chi connectivity index (χ3v) is 3.73. The van der Waals surface area contributed by atoms with E-state index in [0.717, 1.165) is 0 Å². The predicted octanol–water partition coefficient (Wildman–Crippen LogP) is 2.24. The van der Waals surface area contributed by atoms with Crippen LogP contribution in [0.1, 0.15) is 12.5 Å². The molecule has 1 aliphatic heterocycles. The molecule has 1 aromatic carbocycles. The zero-order chi connectivity index (χ0) is 17.0. The Bertz CT molecular complexity index is 563. The van der Waals surface area contributed by atoms with Gasteiger partial charge in [-0.15, -0.1) is 0 Å². The number of alkyl halides is 3. The molecule has 8 heteroatoms. The molecule has 128 valence electrons. The van der Waals surface area contributed by atoms with Gasteiger partial charge < -0.3 is 15.4 Å². The molecule has 2 rings (SSSR count). The maximum absolute atomic E-state index is 13.7. The van der Waals surface area contributed by atoms with Gasteiger partial charge >= 0.3 is 6.18 Å². The normalized spacial score (nSPS) is 21.3. The fraction of sp³-hybridized carbons (Fsp3) is 0.533. The largest absolute Gasteiger partial charge is 0.491 e. The highest BCUT2D eigenvalue weighted by Gasteiger charge is 2.49. The van der Waals surface area contributed by atoms with Gasteiger partial charge in [0.05, 0.1) is 18.4 Å². The zero-order valence-electron chi connectivity index (χ0n) is 12.5. The van der Waals surface area contributed by atoms with Gasteiger partial charge in [0.2, 0.25) is 5.91 Å². The average Bonchev–Trinajstić information content (AvgIpc) is 2.97. The summed E-state index contributed by atoms with van der Waals surface area (Å²) in [5, 5.41) is 5.02. The van der Waals surface area contributed by atoms with Crippen molar-refractivity contribution in [2.24, 2.45) is 11.8 Å². The predicted molar refractivity (Wildman–Crippen MR) is 75.3 cm³/mol. The second-order valence-corrected chi connectivity index (χ2v) is 5.33. The van der Waals surface area contributed by atoms with Gasteiger partial charge in [-0.2, -0.15) is 13.2 Å². The molecule has 0 spiro atoms. The second kappa shape index (κ2) is 7.16. The van der Waals surface area contributed by atoms with Crippen molar-refractivity contribution in [3.8, 4) is 5.75 Å². The third kappa shape index (κ3) is 4.34. The van der Waals surface area contributed by atoms with Crippen LogP contribution < -0.4 is 15.4 Å². The Morgan fingerprint density at radius 2 is 2.13 bits per heavy atom. The lowest BCUT2D eigenvalue weighted by Gasteiger charge is -2.20. The Morgan fingerprint density at radius 3 is 2.74 bits per heavy atom. The summed E-state index contributed by atoms with van der Waals surface area (Å²) < 4.78 is 57.2. The summed E-state index contributed by atoms with van der Waals surface area (Å²) in [5.41, 5.74) is 0.453. The van der Waals surface area contributed by atoms with Crippen LogP contribution >= 0.6 is 0 Å². The molecule has 1 saturated heterocycles. The average molecular weight is 334 g/mol. The SMILES string of the molecule is CCOc1ccc(CNC(=O)[C@@H]2CNC[C@H]2C(F)(F)F)cc1F. The summed E-state index contributed by atoms with van der Waals surface area (Å²) in [6, 6.07) is 4.18. The van der Waals surface area contributed by atoms with Crippen molar-refractivity contribution in [2.75, 3.05) is 19.7 Å². The van der Waals surface area contributed by atoms with Crippen LogP contribution in [0.15, 0.2) is 18.2 Å². The van der Waals surface area contributed by atoms with Gasteiger partial charge in [-0.25, -0.2) is 4.39 Å². The van der Waals surface area contributed by atoms with Crippen molar-refractivity contribution in [2.45, 2.75) is 19.6 Å². The quantitative estimate of drug-likeness (QED) is 0.812. The van der Waals surface area contributed by atoms with E-state index in [4.69, 9.17) is 4.74 Å². The number of halogens is 4. The molecule has 23 heavy (non-hydrogen) atoms. The molecule has 1 aromatic rings.